The summed E-state index contributed by atoms with van der Waals surface area (Å²) in [6, 6.07) is 5.69. The number of benzene rings is 1. The molecule has 28 heavy (non-hydrogen) atoms. The zero-order valence-electron chi connectivity index (χ0n) is 17.8. The molecule has 3 amide bonds. The Morgan fingerprint density at radius 3 is 2.43 bits per heavy atom. The molecule has 0 aromatic heterocycles. The van der Waals surface area contributed by atoms with Gasteiger partial charge in [0.15, 0.2) is 0 Å². The number of methoxy groups -OCH3 is 1. The first-order chi connectivity index (χ1) is 13.5. The third kappa shape index (κ3) is 6.14. The van der Waals surface area contributed by atoms with Gasteiger partial charge < -0.3 is 19.9 Å². The number of urea groups is 1. The highest BCUT2D eigenvalue weighted by Crippen LogP contribution is 2.20. The molecule has 0 spiro atoms. The van der Waals surface area contributed by atoms with E-state index in [0.29, 0.717) is 31.7 Å². The summed E-state index contributed by atoms with van der Waals surface area (Å²) in [6.07, 6.45) is 5.86. The third-order valence-electron chi connectivity index (χ3n) is 5.37. The van der Waals surface area contributed by atoms with Gasteiger partial charge in [-0.3, -0.25) is 4.79 Å². The number of unbranched alkanes of at least 4 members (excludes halogenated alkanes) is 3. The molecule has 1 heterocycles. The minimum absolute atomic E-state index is 0.0114. The summed E-state index contributed by atoms with van der Waals surface area (Å²) in [5, 5.41) is 3.09. The van der Waals surface area contributed by atoms with Gasteiger partial charge >= 0.3 is 6.03 Å². The van der Waals surface area contributed by atoms with E-state index < -0.39 is 0 Å². The van der Waals surface area contributed by atoms with Crippen LogP contribution in [0.15, 0.2) is 18.2 Å². The highest BCUT2D eigenvalue weighted by molar-refractivity contribution is 5.95. The van der Waals surface area contributed by atoms with Crippen LogP contribution in [0.4, 0.5) is 4.79 Å². The molecular formula is C22H35N3O3. The molecule has 1 aliphatic heterocycles. The van der Waals surface area contributed by atoms with Crippen LogP contribution in [0.3, 0.4) is 0 Å². The van der Waals surface area contributed by atoms with E-state index >= 15 is 0 Å². The van der Waals surface area contributed by atoms with Crippen LogP contribution < -0.4 is 10.1 Å². The van der Waals surface area contributed by atoms with E-state index in [9.17, 15) is 9.59 Å². The summed E-state index contributed by atoms with van der Waals surface area (Å²) < 4.78 is 5.32. The van der Waals surface area contributed by atoms with Gasteiger partial charge in [-0.05, 0) is 38.0 Å². The van der Waals surface area contributed by atoms with E-state index in [1.807, 2.05) is 28.9 Å². The van der Waals surface area contributed by atoms with Crippen LogP contribution in [0.25, 0.3) is 0 Å². The molecule has 0 radical (unpaired) electrons. The van der Waals surface area contributed by atoms with Gasteiger partial charge in [0.05, 0.1) is 7.11 Å². The second-order valence-corrected chi connectivity index (χ2v) is 7.66. The van der Waals surface area contributed by atoms with Gasteiger partial charge in [-0.2, -0.15) is 0 Å². The predicted octanol–water partition coefficient (Wildman–Crippen LogP) is 3.83. The smallest absolute Gasteiger partial charge is 0.317 e. The van der Waals surface area contributed by atoms with Crippen molar-refractivity contribution in [3.05, 3.63) is 29.3 Å². The van der Waals surface area contributed by atoms with Crippen molar-refractivity contribution < 1.29 is 14.3 Å². The molecular weight excluding hydrogens is 354 g/mol. The Bertz CT molecular complexity index is 654. The van der Waals surface area contributed by atoms with Crippen LogP contribution >= 0.6 is 0 Å². The summed E-state index contributed by atoms with van der Waals surface area (Å²) in [5.41, 5.74) is 1.63. The number of rotatable bonds is 8. The molecule has 6 nitrogen and oxygen atoms in total. The van der Waals surface area contributed by atoms with E-state index in [-0.39, 0.29) is 18.0 Å². The summed E-state index contributed by atoms with van der Waals surface area (Å²) in [7, 11) is 1.61. The lowest BCUT2D eigenvalue weighted by molar-refractivity contribution is 0.0663. The van der Waals surface area contributed by atoms with Crippen molar-refractivity contribution in [3.63, 3.8) is 0 Å². The average molecular weight is 390 g/mol. The third-order valence-corrected chi connectivity index (χ3v) is 5.37. The quantitative estimate of drug-likeness (QED) is 0.688. The van der Waals surface area contributed by atoms with Gasteiger partial charge in [-0.15, -0.1) is 0 Å². The largest absolute Gasteiger partial charge is 0.496 e. The summed E-state index contributed by atoms with van der Waals surface area (Å²) >= 11 is 0. The minimum atomic E-state index is -0.0212. The Labute approximate surface area is 169 Å². The molecule has 6 heteroatoms. The van der Waals surface area contributed by atoms with Gasteiger partial charge in [0.2, 0.25) is 0 Å². The lowest BCUT2D eigenvalue weighted by atomic mass is 10.1. The molecule has 0 aliphatic carbocycles. The molecule has 1 saturated heterocycles. The first kappa shape index (κ1) is 22.1. The van der Waals surface area contributed by atoms with Crippen molar-refractivity contribution in [2.24, 2.45) is 0 Å². The SMILES string of the molecule is CCCCCCC(C)NC(=O)N1CCN(C(=O)c2ccc(C)c(OC)c2)CC1. The lowest BCUT2D eigenvalue weighted by Gasteiger charge is -2.35. The Hall–Kier alpha value is -2.24. The maximum absolute atomic E-state index is 12.8. The number of piperazine rings is 1. The van der Waals surface area contributed by atoms with Crippen molar-refractivity contribution >= 4 is 11.9 Å². The molecule has 1 atom stereocenters. The van der Waals surface area contributed by atoms with Crippen LogP contribution in [0.2, 0.25) is 0 Å². The van der Waals surface area contributed by atoms with Crippen molar-refractivity contribution in [2.75, 3.05) is 33.3 Å². The van der Waals surface area contributed by atoms with E-state index in [4.69, 9.17) is 4.74 Å². The number of amides is 3. The zero-order chi connectivity index (χ0) is 20.5. The fraction of sp³-hybridized carbons (Fsp3) is 0.636. The number of hydrogen-bond donors (Lipinski definition) is 1. The van der Waals surface area contributed by atoms with Gasteiger partial charge in [-0.25, -0.2) is 4.79 Å². The number of nitrogens with one attached hydrogen (secondary N) is 1. The molecule has 0 saturated carbocycles. The van der Waals surface area contributed by atoms with Crippen LogP contribution in [0.5, 0.6) is 5.75 Å². The van der Waals surface area contributed by atoms with Gasteiger partial charge in [-0.1, -0.05) is 38.7 Å². The van der Waals surface area contributed by atoms with Crippen molar-refractivity contribution in [3.8, 4) is 5.75 Å². The van der Waals surface area contributed by atoms with Crippen LogP contribution in [0.1, 0.15) is 61.9 Å². The van der Waals surface area contributed by atoms with Crippen molar-refractivity contribution in [1.29, 1.82) is 0 Å². The van der Waals surface area contributed by atoms with E-state index in [0.717, 1.165) is 24.2 Å². The van der Waals surface area contributed by atoms with Crippen LogP contribution in [0, 0.1) is 6.92 Å². The Kier molecular flexibility index (Phi) is 8.61. The topological polar surface area (TPSA) is 61.9 Å². The van der Waals surface area contributed by atoms with Crippen molar-refractivity contribution in [1.82, 2.24) is 15.1 Å². The van der Waals surface area contributed by atoms with Gasteiger partial charge in [0, 0.05) is 37.8 Å². The van der Waals surface area contributed by atoms with E-state index in [1.54, 1.807) is 13.2 Å². The maximum Gasteiger partial charge on any atom is 0.317 e. The normalized spacial score (nSPS) is 15.3. The second-order valence-electron chi connectivity index (χ2n) is 7.66. The lowest BCUT2D eigenvalue weighted by Crippen LogP contribution is -2.54. The molecule has 156 valence electrons. The highest BCUT2D eigenvalue weighted by Gasteiger charge is 2.25. The number of carbonyl (C=O) groups is 2. The molecule has 1 aromatic rings. The summed E-state index contributed by atoms with van der Waals surface area (Å²) in [5.74, 6) is 0.708. The number of ether oxygens (including phenoxy) is 1. The molecule has 1 aliphatic rings. The van der Waals surface area contributed by atoms with Gasteiger partial charge in [0.1, 0.15) is 5.75 Å². The van der Waals surface area contributed by atoms with E-state index in [1.165, 1.54) is 19.3 Å². The van der Waals surface area contributed by atoms with Crippen LogP contribution in [-0.2, 0) is 0 Å². The first-order valence-electron chi connectivity index (χ1n) is 10.5. The minimum Gasteiger partial charge on any atom is -0.496 e. The van der Waals surface area contributed by atoms with E-state index in [2.05, 4.69) is 19.2 Å². The first-order valence-corrected chi connectivity index (χ1v) is 10.5. The average Bonchev–Trinajstić information content (AvgIpc) is 2.71. The molecule has 1 aromatic carbocycles. The Morgan fingerprint density at radius 2 is 1.79 bits per heavy atom. The fourth-order valence-electron chi connectivity index (χ4n) is 3.50. The maximum atomic E-state index is 12.8. The number of hydrogen-bond acceptors (Lipinski definition) is 3. The number of carbonyl (C=O) groups excluding carboxylic acids is 2. The standard InChI is InChI=1S/C22H35N3O3/c1-5-6-7-8-9-18(3)23-22(27)25-14-12-24(13-15-25)21(26)19-11-10-17(2)20(16-19)28-4/h10-11,16,18H,5-9,12-15H2,1-4H3,(H,23,27). The summed E-state index contributed by atoms with van der Waals surface area (Å²) in [6.45, 7) is 8.43. The van der Waals surface area contributed by atoms with Crippen LogP contribution in [-0.4, -0.2) is 61.1 Å². The number of aryl methyl sites for hydroxylation is 1. The monoisotopic (exact) mass is 389 g/mol. The molecule has 2 rings (SSSR count). The molecule has 1 unspecified atom stereocenters. The molecule has 0 bridgehead atoms. The molecule has 1 fully saturated rings. The second kappa shape index (κ2) is 10.9. The predicted molar refractivity (Wildman–Crippen MR) is 112 cm³/mol. The van der Waals surface area contributed by atoms with Crippen molar-refractivity contribution in [2.45, 2.75) is 58.9 Å². The fourth-order valence-corrected chi connectivity index (χ4v) is 3.50. The highest BCUT2D eigenvalue weighted by atomic mass is 16.5. The zero-order valence-corrected chi connectivity index (χ0v) is 17.8. The summed E-state index contributed by atoms with van der Waals surface area (Å²) in [4.78, 5) is 28.8. The Morgan fingerprint density at radius 1 is 1.11 bits per heavy atom. The Balaban J connectivity index is 1.80. The molecule has 1 N–H and O–H groups in total. The van der Waals surface area contributed by atoms with Gasteiger partial charge in [0.25, 0.3) is 5.91 Å². The number of nitrogens with zero attached hydrogens (tertiary/aromatic N) is 2.